The van der Waals surface area contributed by atoms with Crippen molar-refractivity contribution in [2.24, 2.45) is 0 Å². The van der Waals surface area contributed by atoms with Gasteiger partial charge in [0.05, 0.1) is 21.4 Å². The Balaban J connectivity index is 1.69. The van der Waals surface area contributed by atoms with Gasteiger partial charge in [0, 0.05) is 23.8 Å². The van der Waals surface area contributed by atoms with Crippen molar-refractivity contribution in [2.45, 2.75) is 0 Å². The highest BCUT2D eigenvalue weighted by Gasteiger charge is 2.11. The van der Waals surface area contributed by atoms with Crippen LogP contribution in [0.2, 0.25) is 0 Å². The van der Waals surface area contributed by atoms with Crippen LogP contribution in [0.3, 0.4) is 0 Å². The third kappa shape index (κ3) is 3.52. The van der Waals surface area contributed by atoms with Crippen molar-refractivity contribution < 1.29 is 9.34 Å². The third-order valence-electron chi connectivity index (χ3n) is 4.26. The number of rotatable bonds is 4. The lowest BCUT2D eigenvalue weighted by molar-refractivity contribution is -0.384. The fourth-order valence-corrected chi connectivity index (χ4v) is 2.84. The van der Waals surface area contributed by atoms with Crippen LogP contribution in [-0.2, 0) is 0 Å². The molecule has 4 rings (SSSR count). The smallest absolute Gasteiger partial charge is 0.269 e. The van der Waals surface area contributed by atoms with E-state index in [4.69, 9.17) is 4.42 Å². The van der Waals surface area contributed by atoms with Crippen LogP contribution in [0, 0.1) is 21.4 Å². The molecule has 0 spiro atoms. The second-order valence-electron chi connectivity index (χ2n) is 6.11. The minimum Gasteiger partial charge on any atom is -0.457 e. The van der Waals surface area contributed by atoms with Gasteiger partial charge in [-0.2, -0.15) is 5.26 Å². The minimum absolute atomic E-state index is 0.0153. The lowest BCUT2D eigenvalue weighted by atomic mass is 10.1. The van der Waals surface area contributed by atoms with Crippen LogP contribution >= 0.6 is 0 Å². The Morgan fingerprint density at radius 1 is 1.14 bits per heavy atom. The molecule has 29 heavy (non-hydrogen) atoms. The van der Waals surface area contributed by atoms with Gasteiger partial charge in [-0.1, -0.05) is 12.1 Å². The van der Waals surface area contributed by atoms with E-state index >= 15 is 0 Å². The number of allylic oxidation sites excluding steroid dienone is 1. The maximum absolute atomic E-state index is 12.2. The maximum Gasteiger partial charge on any atom is 0.269 e. The van der Waals surface area contributed by atoms with Gasteiger partial charge in [-0.3, -0.25) is 14.9 Å². The van der Waals surface area contributed by atoms with Crippen LogP contribution in [0.5, 0.6) is 0 Å². The summed E-state index contributed by atoms with van der Waals surface area (Å²) in [6.45, 7) is 0. The van der Waals surface area contributed by atoms with Crippen molar-refractivity contribution >= 4 is 28.2 Å². The third-order valence-corrected chi connectivity index (χ3v) is 4.26. The first-order valence-electron chi connectivity index (χ1n) is 8.51. The van der Waals surface area contributed by atoms with E-state index in [0.29, 0.717) is 28.0 Å². The molecule has 2 aromatic carbocycles. The summed E-state index contributed by atoms with van der Waals surface area (Å²) in [5.41, 5.74) is 0.929. The molecule has 2 heterocycles. The Hall–Kier alpha value is -4.51. The number of para-hydroxylation sites is 1. The molecule has 0 radical (unpaired) electrons. The molecule has 0 aliphatic rings. The van der Waals surface area contributed by atoms with Gasteiger partial charge < -0.3 is 9.40 Å². The van der Waals surface area contributed by atoms with Crippen molar-refractivity contribution in [1.29, 1.82) is 5.26 Å². The molecule has 140 valence electrons. The lowest BCUT2D eigenvalue weighted by Crippen LogP contribution is -2.11. The zero-order chi connectivity index (χ0) is 20.4. The van der Waals surface area contributed by atoms with E-state index in [1.807, 2.05) is 6.07 Å². The fraction of sp³-hybridized carbons (Fsp3) is 0. The van der Waals surface area contributed by atoms with Gasteiger partial charge in [0.15, 0.2) is 5.82 Å². The summed E-state index contributed by atoms with van der Waals surface area (Å²) >= 11 is 0. The number of H-pyrrole nitrogens is 1. The predicted octanol–water partition coefficient (Wildman–Crippen LogP) is 4.16. The number of aromatic amines is 1. The number of nitro groups is 1. The quantitative estimate of drug-likeness (QED) is 0.320. The Morgan fingerprint density at radius 3 is 2.62 bits per heavy atom. The van der Waals surface area contributed by atoms with Crippen molar-refractivity contribution in [3.8, 4) is 17.4 Å². The van der Waals surface area contributed by atoms with Gasteiger partial charge >= 0.3 is 0 Å². The lowest BCUT2D eigenvalue weighted by Gasteiger charge is -2.01. The number of nitro benzene ring substituents is 1. The molecule has 0 aliphatic carbocycles. The van der Waals surface area contributed by atoms with Crippen LogP contribution in [0.4, 0.5) is 5.69 Å². The molecule has 2 aromatic heterocycles. The number of hydrogen-bond acceptors (Lipinski definition) is 6. The molecule has 0 bridgehead atoms. The molecule has 0 saturated carbocycles. The summed E-state index contributed by atoms with van der Waals surface area (Å²) in [4.78, 5) is 29.5. The van der Waals surface area contributed by atoms with E-state index in [-0.39, 0.29) is 22.6 Å². The molecule has 8 heteroatoms. The standard InChI is InChI=1S/C21H12N4O4/c22-12-14(20-23-18-4-2-1-3-17(18)21(26)24-20)11-16-9-10-19(29-16)13-5-7-15(8-6-13)25(27)28/h1-11H,(H,23,24,26). The zero-order valence-electron chi connectivity index (χ0n) is 14.8. The predicted molar refractivity (Wildman–Crippen MR) is 107 cm³/mol. The van der Waals surface area contributed by atoms with Gasteiger partial charge in [-0.25, -0.2) is 4.98 Å². The van der Waals surface area contributed by atoms with Gasteiger partial charge in [-0.05, 0) is 36.4 Å². The molecule has 0 atom stereocenters. The number of hydrogen-bond donors (Lipinski definition) is 1. The van der Waals surface area contributed by atoms with Crippen LogP contribution in [-0.4, -0.2) is 14.9 Å². The molecule has 0 unspecified atom stereocenters. The van der Waals surface area contributed by atoms with Gasteiger partial charge in [0.25, 0.3) is 11.2 Å². The first-order chi connectivity index (χ1) is 14.0. The Kier molecular flexibility index (Phi) is 4.47. The molecule has 0 aliphatic heterocycles. The molecule has 0 amide bonds. The number of nitrogens with one attached hydrogen (secondary N) is 1. The summed E-state index contributed by atoms with van der Waals surface area (Å²) in [5, 5.41) is 20.7. The SMILES string of the molecule is N#CC(=Cc1ccc(-c2ccc([N+](=O)[O-])cc2)o1)c1nc2ccccc2c(=O)[nH]1. The Labute approximate surface area is 163 Å². The minimum atomic E-state index is -0.476. The number of furan rings is 1. The van der Waals surface area contributed by atoms with Crippen LogP contribution in [0.25, 0.3) is 33.9 Å². The molecular formula is C21H12N4O4. The fourth-order valence-electron chi connectivity index (χ4n) is 2.84. The van der Waals surface area contributed by atoms with E-state index in [1.54, 1.807) is 48.5 Å². The van der Waals surface area contributed by atoms with E-state index in [1.165, 1.54) is 18.2 Å². The molecule has 8 nitrogen and oxygen atoms in total. The molecule has 0 fully saturated rings. The van der Waals surface area contributed by atoms with Crippen molar-refractivity contribution in [3.05, 3.63) is 92.7 Å². The Morgan fingerprint density at radius 2 is 1.90 bits per heavy atom. The van der Waals surface area contributed by atoms with Gasteiger partial charge in [0.1, 0.15) is 17.6 Å². The van der Waals surface area contributed by atoms with E-state index in [0.717, 1.165) is 0 Å². The van der Waals surface area contributed by atoms with Crippen molar-refractivity contribution in [3.63, 3.8) is 0 Å². The molecule has 4 aromatic rings. The highest BCUT2D eigenvalue weighted by molar-refractivity contribution is 5.88. The number of nitrogens with zero attached hydrogens (tertiary/aromatic N) is 3. The summed E-state index contributed by atoms with van der Waals surface area (Å²) in [5.74, 6) is 1.01. The average molecular weight is 384 g/mol. The average Bonchev–Trinajstić information content (AvgIpc) is 3.20. The van der Waals surface area contributed by atoms with Gasteiger partial charge in [-0.15, -0.1) is 0 Å². The summed E-state index contributed by atoms with van der Waals surface area (Å²) in [7, 11) is 0. The number of aromatic nitrogens is 2. The summed E-state index contributed by atoms with van der Waals surface area (Å²) < 4.78 is 5.72. The first kappa shape index (κ1) is 17.9. The van der Waals surface area contributed by atoms with Crippen LogP contribution < -0.4 is 5.56 Å². The molecular weight excluding hydrogens is 372 g/mol. The first-order valence-corrected chi connectivity index (χ1v) is 8.51. The van der Waals surface area contributed by atoms with E-state index in [2.05, 4.69) is 9.97 Å². The van der Waals surface area contributed by atoms with Gasteiger partial charge in [0.2, 0.25) is 0 Å². The zero-order valence-corrected chi connectivity index (χ0v) is 14.8. The molecule has 1 N–H and O–H groups in total. The second kappa shape index (κ2) is 7.25. The largest absolute Gasteiger partial charge is 0.457 e. The van der Waals surface area contributed by atoms with Crippen LogP contribution in [0.15, 0.2) is 69.9 Å². The highest BCUT2D eigenvalue weighted by Crippen LogP contribution is 2.26. The monoisotopic (exact) mass is 384 g/mol. The van der Waals surface area contributed by atoms with Crippen LogP contribution in [0.1, 0.15) is 11.6 Å². The second-order valence-corrected chi connectivity index (χ2v) is 6.11. The number of fused-ring (bicyclic) bond motifs is 1. The summed E-state index contributed by atoms with van der Waals surface area (Å²) in [6.07, 6.45) is 1.47. The maximum atomic E-state index is 12.2. The number of non-ortho nitro benzene ring substituents is 1. The van der Waals surface area contributed by atoms with Crippen molar-refractivity contribution in [1.82, 2.24) is 9.97 Å². The van der Waals surface area contributed by atoms with E-state index in [9.17, 15) is 20.2 Å². The normalized spacial score (nSPS) is 11.3. The number of nitriles is 1. The highest BCUT2D eigenvalue weighted by atomic mass is 16.6. The van der Waals surface area contributed by atoms with Crippen molar-refractivity contribution in [2.75, 3.05) is 0 Å². The number of benzene rings is 2. The topological polar surface area (TPSA) is 126 Å². The summed E-state index contributed by atoms with van der Waals surface area (Å²) in [6, 6.07) is 18.2. The Bertz CT molecular complexity index is 1360. The molecule has 0 saturated heterocycles. The van der Waals surface area contributed by atoms with E-state index < -0.39 is 4.92 Å².